The second kappa shape index (κ2) is 7.52. The van der Waals surface area contributed by atoms with Crippen molar-refractivity contribution < 1.29 is 14.3 Å². The second-order valence-electron chi connectivity index (χ2n) is 6.65. The summed E-state index contributed by atoms with van der Waals surface area (Å²) in [5, 5.41) is 3.00. The summed E-state index contributed by atoms with van der Waals surface area (Å²) < 4.78 is 10.8. The van der Waals surface area contributed by atoms with Gasteiger partial charge in [-0.25, -0.2) is 4.79 Å². The number of hydrogen-bond donors (Lipinski definition) is 1. The van der Waals surface area contributed by atoms with Gasteiger partial charge in [0.15, 0.2) is 0 Å². The lowest BCUT2D eigenvalue weighted by molar-refractivity contribution is 0.0363. The summed E-state index contributed by atoms with van der Waals surface area (Å²) in [6, 6.07) is 8.13. The molecule has 0 unspecified atom stereocenters. The minimum absolute atomic E-state index is 0.276. The van der Waals surface area contributed by atoms with Crippen molar-refractivity contribution in [2.75, 3.05) is 7.11 Å². The first-order valence-corrected chi connectivity index (χ1v) is 8.11. The maximum atomic E-state index is 12.1. The molecule has 0 heterocycles. The van der Waals surface area contributed by atoms with E-state index in [9.17, 15) is 4.79 Å². The molecule has 1 aromatic carbocycles. The highest BCUT2D eigenvalue weighted by Crippen LogP contribution is 2.21. The lowest BCUT2D eigenvalue weighted by atomic mass is 9.96. The number of alkyl carbamates (subject to hydrolysis) is 1. The van der Waals surface area contributed by atoms with Crippen molar-refractivity contribution in [3.05, 3.63) is 29.8 Å². The van der Waals surface area contributed by atoms with Crippen LogP contribution in [0.3, 0.4) is 0 Å². The smallest absolute Gasteiger partial charge is 0.407 e. The Labute approximate surface area is 133 Å². The summed E-state index contributed by atoms with van der Waals surface area (Å²) in [4.78, 5) is 12.1. The molecule has 1 N–H and O–H groups in total. The van der Waals surface area contributed by atoms with E-state index >= 15 is 0 Å². The quantitative estimate of drug-likeness (QED) is 0.892. The van der Waals surface area contributed by atoms with Crippen LogP contribution in [0, 0.1) is 0 Å². The minimum atomic E-state index is -0.534. The second-order valence-corrected chi connectivity index (χ2v) is 6.65. The fraction of sp³-hybridized carbons (Fsp3) is 0.611. The average molecular weight is 305 g/mol. The Hall–Kier alpha value is -1.71. The number of amides is 1. The molecule has 0 aliphatic heterocycles. The molecule has 122 valence electrons. The molecule has 1 saturated carbocycles. The summed E-state index contributed by atoms with van der Waals surface area (Å²) >= 11 is 0. The van der Waals surface area contributed by atoms with E-state index < -0.39 is 5.60 Å². The zero-order valence-electron chi connectivity index (χ0n) is 13.9. The number of nitrogens with one attached hydrogen (secondary N) is 1. The highest BCUT2D eigenvalue weighted by molar-refractivity contribution is 5.68. The van der Waals surface area contributed by atoms with Crippen LogP contribution in [-0.2, 0) is 11.2 Å². The highest BCUT2D eigenvalue weighted by Gasteiger charge is 2.25. The Morgan fingerprint density at radius 1 is 1.18 bits per heavy atom. The summed E-state index contributed by atoms with van der Waals surface area (Å²) in [5.41, 5.74) is 0.587. The molecule has 0 atom stereocenters. The molecule has 2 rings (SSSR count). The Kier molecular flexibility index (Phi) is 5.69. The van der Waals surface area contributed by atoms with Gasteiger partial charge in [-0.1, -0.05) is 31.4 Å². The van der Waals surface area contributed by atoms with Crippen LogP contribution in [0.15, 0.2) is 24.3 Å². The lowest BCUT2D eigenvalue weighted by Gasteiger charge is -2.28. The molecule has 1 aromatic rings. The van der Waals surface area contributed by atoms with Gasteiger partial charge in [0.25, 0.3) is 0 Å². The fourth-order valence-electron chi connectivity index (χ4n) is 2.97. The summed E-state index contributed by atoms with van der Waals surface area (Å²) in [6.07, 6.45) is 6.17. The first kappa shape index (κ1) is 16.7. The van der Waals surface area contributed by atoms with Crippen molar-refractivity contribution in [2.24, 2.45) is 0 Å². The van der Waals surface area contributed by atoms with E-state index in [1.165, 1.54) is 19.3 Å². The van der Waals surface area contributed by atoms with Gasteiger partial charge in [0.1, 0.15) is 11.4 Å². The number of hydrogen-bond acceptors (Lipinski definition) is 3. The molecule has 22 heavy (non-hydrogen) atoms. The average Bonchev–Trinajstić information content (AvgIpc) is 2.48. The molecule has 1 aliphatic carbocycles. The van der Waals surface area contributed by atoms with Gasteiger partial charge in [-0.2, -0.15) is 0 Å². The lowest BCUT2D eigenvalue weighted by Crippen LogP contribution is -2.41. The van der Waals surface area contributed by atoms with E-state index in [1.807, 2.05) is 38.1 Å². The van der Waals surface area contributed by atoms with Gasteiger partial charge >= 0.3 is 6.09 Å². The van der Waals surface area contributed by atoms with Gasteiger partial charge in [0, 0.05) is 12.5 Å². The minimum Gasteiger partial charge on any atom is -0.497 e. The van der Waals surface area contributed by atoms with Crippen LogP contribution in [0.4, 0.5) is 4.79 Å². The Morgan fingerprint density at radius 2 is 1.82 bits per heavy atom. The first-order valence-electron chi connectivity index (χ1n) is 8.11. The van der Waals surface area contributed by atoms with Crippen LogP contribution in [0.2, 0.25) is 0 Å². The molecule has 0 aromatic heterocycles. The van der Waals surface area contributed by atoms with E-state index in [0.29, 0.717) is 6.42 Å². The van der Waals surface area contributed by atoms with E-state index in [0.717, 1.165) is 24.2 Å². The topological polar surface area (TPSA) is 47.6 Å². The molecule has 0 saturated heterocycles. The number of ether oxygens (including phenoxy) is 2. The van der Waals surface area contributed by atoms with Gasteiger partial charge in [-0.3, -0.25) is 0 Å². The third kappa shape index (κ3) is 5.24. The summed E-state index contributed by atoms with van der Waals surface area (Å²) in [7, 11) is 1.65. The van der Waals surface area contributed by atoms with Crippen molar-refractivity contribution in [1.29, 1.82) is 0 Å². The molecule has 4 nitrogen and oxygen atoms in total. The molecule has 4 heteroatoms. The van der Waals surface area contributed by atoms with Gasteiger partial charge in [0.2, 0.25) is 0 Å². The summed E-state index contributed by atoms with van der Waals surface area (Å²) in [6.45, 7) is 3.88. The molecular weight excluding hydrogens is 278 g/mol. The summed E-state index contributed by atoms with van der Waals surface area (Å²) in [5.74, 6) is 0.831. The third-order valence-corrected chi connectivity index (χ3v) is 4.09. The van der Waals surface area contributed by atoms with Crippen molar-refractivity contribution in [3.63, 3.8) is 0 Å². The molecule has 0 bridgehead atoms. The van der Waals surface area contributed by atoms with E-state index in [2.05, 4.69) is 5.32 Å². The molecule has 1 aliphatic rings. The van der Waals surface area contributed by atoms with Crippen LogP contribution < -0.4 is 10.1 Å². The van der Waals surface area contributed by atoms with Crippen molar-refractivity contribution in [2.45, 2.75) is 64.0 Å². The number of methoxy groups -OCH3 is 1. The predicted octanol–water partition coefficient (Wildman–Crippen LogP) is 4.08. The molecular formula is C18H27NO3. The zero-order valence-corrected chi connectivity index (χ0v) is 13.9. The van der Waals surface area contributed by atoms with Gasteiger partial charge in [0.05, 0.1) is 7.11 Å². The normalized spacial score (nSPS) is 16.1. The van der Waals surface area contributed by atoms with Crippen LogP contribution in [-0.4, -0.2) is 24.8 Å². The van der Waals surface area contributed by atoms with Crippen LogP contribution in [0.1, 0.15) is 51.5 Å². The molecule has 1 fully saturated rings. The van der Waals surface area contributed by atoms with E-state index in [-0.39, 0.29) is 12.1 Å². The Balaban J connectivity index is 1.84. The van der Waals surface area contributed by atoms with E-state index in [1.54, 1.807) is 7.11 Å². The number of rotatable bonds is 5. The monoisotopic (exact) mass is 305 g/mol. The molecule has 0 radical (unpaired) electrons. The predicted molar refractivity (Wildman–Crippen MR) is 87.3 cm³/mol. The van der Waals surface area contributed by atoms with E-state index in [4.69, 9.17) is 9.47 Å². The first-order chi connectivity index (χ1) is 10.5. The standard InChI is InChI=1S/C18H27NO3/c1-18(2,13-14-9-11-16(21-3)12-10-14)22-17(20)19-15-7-5-4-6-8-15/h9-12,15H,4-8,13H2,1-3H3,(H,19,20). The van der Waals surface area contributed by atoms with Crippen LogP contribution in [0.25, 0.3) is 0 Å². The largest absolute Gasteiger partial charge is 0.497 e. The van der Waals surface area contributed by atoms with Gasteiger partial charge < -0.3 is 14.8 Å². The third-order valence-electron chi connectivity index (χ3n) is 4.09. The van der Waals surface area contributed by atoms with Crippen molar-refractivity contribution in [3.8, 4) is 5.75 Å². The maximum Gasteiger partial charge on any atom is 0.407 e. The van der Waals surface area contributed by atoms with Crippen molar-refractivity contribution >= 4 is 6.09 Å². The SMILES string of the molecule is COc1ccc(CC(C)(C)OC(=O)NC2CCCCC2)cc1. The highest BCUT2D eigenvalue weighted by atomic mass is 16.6. The van der Waals surface area contributed by atoms with Crippen LogP contribution in [0.5, 0.6) is 5.75 Å². The van der Waals surface area contributed by atoms with Crippen molar-refractivity contribution in [1.82, 2.24) is 5.32 Å². The molecule has 0 spiro atoms. The zero-order chi connectivity index (χ0) is 16.0. The number of carbonyl (C=O) groups excluding carboxylic acids is 1. The maximum absolute atomic E-state index is 12.1. The Bertz CT molecular complexity index is 476. The fourth-order valence-corrected chi connectivity index (χ4v) is 2.97. The van der Waals surface area contributed by atoms with Gasteiger partial charge in [-0.15, -0.1) is 0 Å². The van der Waals surface area contributed by atoms with Gasteiger partial charge in [-0.05, 0) is 44.4 Å². The van der Waals surface area contributed by atoms with Crippen LogP contribution >= 0.6 is 0 Å². The number of benzene rings is 1. The Morgan fingerprint density at radius 3 is 2.41 bits per heavy atom. The number of carbonyl (C=O) groups is 1. The molecule has 1 amide bonds.